The Labute approximate surface area is 59.5 Å². The van der Waals surface area contributed by atoms with Crippen molar-refractivity contribution in [1.29, 1.82) is 0 Å². The van der Waals surface area contributed by atoms with Gasteiger partial charge in [0.25, 0.3) is 0 Å². The monoisotopic (exact) mass is 148 g/mol. The number of aliphatic hydroxyl groups is 1. The van der Waals surface area contributed by atoms with Crippen LogP contribution in [0.3, 0.4) is 0 Å². The van der Waals surface area contributed by atoms with Crippen LogP contribution in [0.15, 0.2) is 11.3 Å². The van der Waals surface area contributed by atoms with Crippen LogP contribution in [0.2, 0.25) is 0 Å². The van der Waals surface area contributed by atoms with Gasteiger partial charge in [-0.25, -0.2) is 0 Å². The quantitative estimate of drug-likeness (QED) is 0.462. The normalized spacial score (nSPS) is 12.3. The molecular weight excluding hydrogens is 134 g/mol. The minimum absolute atomic E-state index is 0.180. The molecular formula is C6H14NOS+. The highest BCUT2D eigenvalue weighted by atomic mass is 32.2. The average Bonchev–Trinajstić information content (AvgIpc) is 1.63. The van der Waals surface area contributed by atoms with Gasteiger partial charge in [0, 0.05) is 25.0 Å². The van der Waals surface area contributed by atoms with Crippen LogP contribution < -0.4 is 0 Å². The van der Waals surface area contributed by atoms with E-state index in [0.717, 1.165) is 0 Å². The van der Waals surface area contributed by atoms with Gasteiger partial charge < -0.3 is 10.0 Å². The van der Waals surface area contributed by atoms with Crippen molar-refractivity contribution in [2.24, 2.45) is 0 Å². The molecule has 0 aromatic rings. The molecule has 3 heteroatoms. The lowest BCUT2D eigenvalue weighted by molar-refractivity contribution is 0.265. The summed E-state index contributed by atoms with van der Waals surface area (Å²) in [4.78, 5) is 1.69. The topological polar surface area (TPSA) is 23.5 Å². The Morgan fingerprint density at radius 3 is 2.00 bits per heavy atom. The first-order valence-corrected chi connectivity index (χ1v) is 4.79. The summed E-state index contributed by atoms with van der Waals surface area (Å²) in [5.74, 6) is 0.350. The average molecular weight is 148 g/mol. The van der Waals surface area contributed by atoms with Gasteiger partial charge in [-0.2, -0.15) is 0 Å². The summed E-state index contributed by atoms with van der Waals surface area (Å²) in [5.41, 5.74) is 0. The molecule has 0 aliphatic carbocycles. The van der Waals surface area contributed by atoms with Crippen LogP contribution in [0.25, 0.3) is 0 Å². The van der Waals surface area contributed by atoms with Crippen molar-refractivity contribution >= 4 is 10.9 Å². The third-order valence-corrected chi connectivity index (χ3v) is 1.48. The molecule has 0 saturated heterocycles. The fourth-order valence-corrected chi connectivity index (χ4v) is 0.949. The van der Waals surface area contributed by atoms with E-state index < -0.39 is 0 Å². The molecule has 0 spiro atoms. The number of hydrogen-bond acceptors (Lipinski definition) is 2. The van der Waals surface area contributed by atoms with Gasteiger partial charge in [0.2, 0.25) is 5.88 Å². The third kappa shape index (κ3) is 4.21. The van der Waals surface area contributed by atoms with Crippen LogP contribution in [0, 0.1) is 0 Å². The molecule has 9 heavy (non-hydrogen) atoms. The minimum atomic E-state index is 0.180. The van der Waals surface area contributed by atoms with Crippen LogP contribution in [0.4, 0.5) is 0 Å². The van der Waals surface area contributed by atoms with Gasteiger partial charge in [0.05, 0.1) is 0 Å². The number of nitrogens with zero attached hydrogens (tertiary/aromatic N) is 1. The molecule has 0 bridgehead atoms. The van der Waals surface area contributed by atoms with E-state index >= 15 is 0 Å². The summed E-state index contributed by atoms with van der Waals surface area (Å²) in [5, 5.41) is 10.9. The van der Waals surface area contributed by atoms with E-state index in [4.69, 9.17) is 5.11 Å². The number of rotatable bonds is 2. The summed E-state index contributed by atoms with van der Waals surface area (Å²) in [6.07, 6.45) is 4.11. The summed E-state index contributed by atoms with van der Waals surface area (Å²) >= 11 is 0. The van der Waals surface area contributed by atoms with Gasteiger partial charge in [-0.1, -0.05) is 0 Å². The largest absolute Gasteiger partial charge is 0.492 e. The van der Waals surface area contributed by atoms with E-state index in [1.54, 1.807) is 4.90 Å². The molecule has 0 amide bonds. The first-order valence-electron chi connectivity index (χ1n) is 2.68. The summed E-state index contributed by atoms with van der Waals surface area (Å²) < 4.78 is 0. The van der Waals surface area contributed by atoms with Crippen LogP contribution in [0.1, 0.15) is 0 Å². The molecule has 1 N–H and O–H groups in total. The van der Waals surface area contributed by atoms with Crippen LogP contribution in [-0.2, 0) is 10.9 Å². The van der Waals surface area contributed by atoms with Crippen LogP contribution >= 0.6 is 0 Å². The van der Waals surface area contributed by atoms with Gasteiger partial charge >= 0.3 is 0 Å². The fourth-order valence-electron chi connectivity index (χ4n) is 0.316. The van der Waals surface area contributed by atoms with E-state index in [2.05, 4.69) is 12.5 Å². The molecule has 2 nitrogen and oxygen atoms in total. The molecule has 0 aromatic heterocycles. The Bertz CT molecular complexity index is 110. The van der Waals surface area contributed by atoms with Crippen molar-refractivity contribution in [2.45, 2.75) is 0 Å². The Morgan fingerprint density at radius 1 is 1.44 bits per heavy atom. The molecule has 54 valence electrons. The van der Waals surface area contributed by atoms with E-state index in [-0.39, 0.29) is 10.9 Å². The predicted molar refractivity (Wildman–Crippen MR) is 43.6 cm³/mol. The van der Waals surface area contributed by atoms with Gasteiger partial charge in [-0.3, -0.25) is 0 Å². The van der Waals surface area contributed by atoms with Crippen LogP contribution in [0.5, 0.6) is 0 Å². The summed E-state index contributed by atoms with van der Waals surface area (Å²) in [7, 11) is 3.82. The fraction of sp³-hybridized carbons (Fsp3) is 0.667. The van der Waals surface area contributed by atoms with Crippen molar-refractivity contribution in [2.75, 3.05) is 26.6 Å². The number of aliphatic hydroxyl groups excluding tert-OH is 1. The van der Waals surface area contributed by atoms with Crippen molar-refractivity contribution in [3.63, 3.8) is 0 Å². The molecule has 0 saturated carbocycles. The zero-order valence-corrected chi connectivity index (χ0v) is 7.20. The highest BCUT2D eigenvalue weighted by molar-refractivity contribution is 7.98. The zero-order chi connectivity index (χ0) is 7.44. The molecule has 0 fully saturated rings. The molecule has 0 rings (SSSR count). The third-order valence-electron chi connectivity index (χ3n) is 0.799. The molecule has 0 atom stereocenters. The highest BCUT2D eigenvalue weighted by Crippen LogP contribution is 1.96. The van der Waals surface area contributed by atoms with Gasteiger partial charge in [-0.15, -0.1) is 0 Å². The molecule has 0 heterocycles. The SMILES string of the molecule is CN(C)/C(O)=C/[S+](C)C. The Balaban J connectivity index is 3.84. The molecule has 0 aliphatic heterocycles. The predicted octanol–water partition coefficient (Wildman–Crippen LogP) is 0.783. The van der Waals surface area contributed by atoms with Crippen molar-refractivity contribution in [3.8, 4) is 0 Å². The maximum absolute atomic E-state index is 9.09. The molecule has 0 aromatic carbocycles. The standard InChI is InChI=1S/C6H13NOS/c1-7(2)6(8)5-9(3)4/h5H,1-4H3/p+1/b6-5-. The van der Waals surface area contributed by atoms with Gasteiger partial charge in [0.1, 0.15) is 12.5 Å². The second kappa shape index (κ2) is 3.67. The van der Waals surface area contributed by atoms with Crippen molar-refractivity contribution in [1.82, 2.24) is 4.90 Å². The molecule has 0 aliphatic rings. The lowest BCUT2D eigenvalue weighted by Crippen LogP contribution is -2.11. The lowest BCUT2D eigenvalue weighted by atomic mass is 10.8. The second-order valence-corrected chi connectivity index (χ2v) is 4.25. The molecule has 0 radical (unpaired) electrons. The Kier molecular flexibility index (Phi) is 3.54. The first kappa shape index (κ1) is 8.69. The Hall–Kier alpha value is -0.310. The summed E-state index contributed by atoms with van der Waals surface area (Å²) in [6.45, 7) is 0. The smallest absolute Gasteiger partial charge is 0.235 e. The van der Waals surface area contributed by atoms with Crippen molar-refractivity contribution < 1.29 is 5.11 Å². The molecule has 0 unspecified atom stereocenters. The maximum Gasteiger partial charge on any atom is 0.235 e. The Morgan fingerprint density at radius 2 is 1.89 bits per heavy atom. The van der Waals surface area contributed by atoms with Gasteiger partial charge in [-0.05, 0) is 0 Å². The number of hydrogen-bond donors (Lipinski definition) is 1. The van der Waals surface area contributed by atoms with Crippen molar-refractivity contribution in [3.05, 3.63) is 11.3 Å². The highest BCUT2D eigenvalue weighted by Gasteiger charge is 2.02. The second-order valence-electron chi connectivity index (χ2n) is 2.25. The maximum atomic E-state index is 9.09. The van der Waals surface area contributed by atoms with Gasteiger partial charge in [0.15, 0.2) is 5.41 Å². The zero-order valence-electron chi connectivity index (χ0n) is 6.38. The minimum Gasteiger partial charge on any atom is -0.492 e. The first-order chi connectivity index (χ1) is 4.04. The summed E-state index contributed by atoms with van der Waals surface area (Å²) in [6, 6.07) is 0. The van der Waals surface area contributed by atoms with Crippen LogP contribution in [-0.4, -0.2) is 36.6 Å². The van der Waals surface area contributed by atoms with E-state index in [9.17, 15) is 0 Å². The van der Waals surface area contributed by atoms with E-state index in [0.29, 0.717) is 5.88 Å². The van der Waals surface area contributed by atoms with E-state index in [1.165, 1.54) is 0 Å². The lowest BCUT2D eigenvalue weighted by Gasteiger charge is -2.07. The van der Waals surface area contributed by atoms with E-state index in [1.807, 2.05) is 19.5 Å².